The van der Waals surface area contributed by atoms with Crippen molar-refractivity contribution in [3.63, 3.8) is 0 Å². The molecule has 2 N–H and O–H groups in total. The highest BCUT2D eigenvalue weighted by Gasteiger charge is 2.27. The van der Waals surface area contributed by atoms with E-state index >= 15 is 0 Å². The number of nitrogens with two attached hydrogens (primary N) is 1. The monoisotopic (exact) mass is 366 g/mol. The molecule has 1 aromatic carbocycles. The van der Waals surface area contributed by atoms with Crippen LogP contribution >= 0.6 is 23.7 Å². The van der Waals surface area contributed by atoms with E-state index in [1.54, 1.807) is 11.3 Å². The first-order chi connectivity index (χ1) is 11.1. The van der Waals surface area contributed by atoms with Gasteiger partial charge in [-0.2, -0.15) is 0 Å². The minimum Gasteiger partial charge on any atom is -0.375 e. The molecule has 6 heteroatoms. The van der Waals surface area contributed by atoms with Crippen LogP contribution in [0.1, 0.15) is 30.2 Å². The van der Waals surface area contributed by atoms with Crippen LogP contribution in [0.5, 0.6) is 0 Å². The molecular weight excluding hydrogens is 340 g/mol. The number of nitrogens with zero attached hydrogens (tertiary/aromatic N) is 3. The van der Waals surface area contributed by atoms with Crippen LogP contribution in [0, 0.1) is 0 Å². The van der Waals surface area contributed by atoms with Crippen LogP contribution in [0.4, 0.5) is 5.13 Å². The van der Waals surface area contributed by atoms with Gasteiger partial charge in [-0.25, -0.2) is 4.98 Å². The van der Waals surface area contributed by atoms with Gasteiger partial charge in [0.25, 0.3) is 0 Å². The summed E-state index contributed by atoms with van der Waals surface area (Å²) in [6, 6.07) is 12.0. The maximum Gasteiger partial charge on any atom is 0.180 e. The Bertz CT molecular complexity index is 618. The van der Waals surface area contributed by atoms with Gasteiger partial charge in [0.2, 0.25) is 0 Å². The molecular formula is C18H27ClN4S. The summed E-state index contributed by atoms with van der Waals surface area (Å²) in [5.74, 6) is 0. The Morgan fingerprint density at radius 2 is 2.08 bits per heavy atom. The van der Waals surface area contributed by atoms with Crippen LogP contribution in [-0.2, 0) is 13.1 Å². The second kappa shape index (κ2) is 8.81. The number of hydrogen-bond acceptors (Lipinski definition) is 5. The minimum atomic E-state index is 0. The summed E-state index contributed by atoms with van der Waals surface area (Å²) < 4.78 is 0. The summed E-state index contributed by atoms with van der Waals surface area (Å²) >= 11 is 1.60. The van der Waals surface area contributed by atoms with Gasteiger partial charge < -0.3 is 5.73 Å². The summed E-state index contributed by atoms with van der Waals surface area (Å²) in [4.78, 5) is 10.5. The van der Waals surface area contributed by atoms with Crippen molar-refractivity contribution in [1.82, 2.24) is 14.8 Å². The molecule has 132 valence electrons. The summed E-state index contributed by atoms with van der Waals surface area (Å²) in [6.45, 7) is 5.53. The van der Waals surface area contributed by atoms with Crippen molar-refractivity contribution in [2.24, 2.45) is 0 Å². The fourth-order valence-electron chi connectivity index (χ4n) is 3.42. The summed E-state index contributed by atoms with van der Waals surface area (Å²) in [5, 5.41) is 0.666. The first-order valence-corrected chi connectivity index (χ1v) is 9.12. The van der Waals surface area contributed by atoms with Gasteiger partial charge in [-0.1, -0.05) is 30.3 Å². The number of anilines is 1. The molecule has 0 bridgehead atoms. The molecule has 2 heterocycles. The highest BCUT2D eigenvalue weighted by atomic mass is 35.5. The van der Waals surface area contributed by atoms with E-state index < -0.39 is 0 Å². The van der Waals surface area contributed by atoms with Gasteiger partial charge in [0, 0.05) is 42.8 Å². The topological polar surface area (TPSA) is 45.4 Å². The molecule has 2 unspecified atom stereocenters. The predicted molar refractivity (Wildman–Crippen MR) is 105 cm³/mol. The van der Waals surface area contributed by atoms with Gasteiger partial charge in [-0.3, -0.25) is 9.80 Å². The molecule has 1 saturated heterocycles. The average Bonchev–Trinajstić information content (AvgIpc) is 2.95. The zero-order valence-electron chi connectivity index (χ0n) is 14.4. The Labute approximate surface area is 155 Å². The van der Waals surface area contributed by atoms with E-state index in [9.17, 15) is 0 Å². The third kappa shape index (κ3) is 4.93. The SMILES string of the molecule is CC1CC(N(C)Cc2cnc(N)s2)CCN1Cc1ccccc1.Cl. The lowest BCUT2D eigenvalue weighted by Gasteiger charge is -2.41. The molecule has 1 fully saturated rings. The standard InChI is InChI=1S/C18H26N4S.ClH/c1-14-10-16(21(2)13-17-11-20-18(19)23-17)8-9-22(14)12-15-6-4-3-5-7-15;/h3-7,11,14,16H,8-10,12-13H2,1-2H3,(H2,19,20);1H. The summed E-state index contributed by atoms with van der Waals surface area (Å²) in [6.07, 6.45) is 4.35. The van der Waals surface area contributed by atoms with Gasteiger partial charge >= 0.3 is 0 Å². The Morgan fingerprint density at radius 3 is 2.71 bits per heavy atom. The lowest BCUT2D eigenvalue weighted by atomic mass is 9.96. The van der Waals surface area contributed by atoms with Gasteiger partial charge in [0.05, 0.1) is 0 Å². The molecule has 0 saturated carbocycles. The van der Waals surface area contributed by atoms with Crippen molar-refractivity contribution < 1.29 is 0 Å². The molecule has 2 atom stereocenters. The van der Waals surface area contributed by atoms with Crippen molar-refractivity contribution in [2.45, 2.75) is 44.9 Å². The van der Waals surface area contributed by atoms with E-state index in [4.69, 9.17) is 5.73 Å². The quantitative estimate of drug-likeness (QED) is 0.877. The van der Waals surface area contributed by atoms with Crippen molar-refractivity contribution >= 4 is 28.9 Å². The fraction of sp³-hybridized carbons (Fsp3) is 0.500. The highest BCUT2D eigenvalue weighted by Crippen LogP contribution is 2.25. The van der Waals surface area contributed by atoms with E-state index in [-0.39, 0.29) is 12.4 Å². The van der Waals surface area contributed by atoms with Crippen LogP contribution in [0.15, 0.2) is 36.5 Å². The Kier molecular flexibility index (Phi) is 7.04. The molecule has 1 aliphatic heterocycles. The summed E-state index contributed by atoms with van der Waals surface area (Å²) in [5.41, 5.74) is 7.14. The maximum absolute atomic E-state index is 5.73. The molecule has 4 nitrogen and oxygen atoms in total. The molecule has 3 rings (SSSR count). The summed E-state index contributed by atoms with van der Waals surface area (Å²) in [7, 11) is 2.22. The van der Waals surface area contributed by atoms with Crippen molar-refractivity contribution in [1.29, 1.82) is 0 Å². The van der Waals surface area contributed by atoms with E-state index in [0.717, 1.165) is 19.6 Å². The zero-order chi connectivity index (χ0) is 16.2. The lowest BCUT2D eigenvalue weighted by Crippen LogP contribution is -2.47. The van der Waals surface area contributed by atoms with Crippen molar-refractivity contribution in [3.05, 3.63) is 47.0 Å². The number of halogens is 1. The van der Waals surface area contributed by atoms with Crippen LogP contribution in [0.2, 0.25) is 0 Å². The third-order valence-corrected chi connectivity index (χ3v) is 5.63. The van der Waals surface area contributed by atoms with Crippen LogP contribution < -0.4 is 5.73 Å². The van der Waals surface area contributed by atoms with Gasteiger partial charge in [0.15, 0.2) is 5.13 Å². The number of aromatic nitrogens is 1. The Balaban J connectivity index is 0.00000208. The minimum absolute atomic E-state index is 0. The molecule has 0 radical (unpaired) electrons. The van der Waals surface area contributed by atoms with Gasteiger partial charge in [0.1, 0.15) is 0 Å². The Morgan fingerprint density at radius 1 is 1.33 bits per heavy atom. The number of hydrogen-bond donors (Lipinski definition) is 1. The predicted octanol–water partition coefficient (Wildman–Crippen LogP) is 3.63. The van der Waals surface area contributed by atoms with Crippen LogP contribution in [0.25, 0.3) is 0 Å². The number of benzene rings is 1. The Hall–Kier alpha value is -1.14. The van der Waals surface area contributed by atoms with E-state index in [0.29, 0.717) is 17.2 Å². The van der Waals surface area contributed by atoms with Crippen molar-refractivity contribution in [2.75, 3.05) is 19.3 Å². The second-order valence-corrected chi connectivity index (χ2v) is 7.71. The average molecular weight is 367 g/mol. The normalized spacial score (nSPS) is 21.6. The van der Waals surface area contributed by atoms with Crippen LogP contribution in [0.3, 0.4) is 0 Å². The van der Waals surface area contributed by atoms with Crippen LogP contribution in [-0.4, -0.2) is 40.5 Å². The maximum atomic E-state index is 5.73. The van der Waals surface area contributed by atoms with Gasteiger partial charge in [-0.05, 0) is 32.4 Å². The first-order valence-electron chi connectivity index (χ1n) is 8.30. The molecule has 1 aromatic heterocycles. The lowest BCUT2D eigenvalue weighted by molar-refractivity contribution is 0.0776. The number of likely N-dealkylation sites (tertiary alicyclic amines) is 1. The fourth-order valence-corrected chi connectivity index (χ4v) is 4.17. The van der Waals surface area contributed by atoms with E-state index in [1.165, 1.54) is 23.3 Å². The first kappa shape index (κ1) is 19.2. The number of thiazole rings is 1. The smallest absolute Gasteiger partial charge is 0.180 e. The zero-order valence-corrected chi connectivity index (χ0v) is 16.0. The molecule has 0 spiro atoms. The number of nitrogen functional groups attached to an aromatic ring is 1. The molecule has 1 aliphatic rings. The van der Waals surface area contributed by atoms with E-state index in [1.807, 2.05) is 6.20 Å². The second-order valence-electron chi connectivity index (χ2n) is 6.56. The molecule has 0 aliphatic carbocycles. The molecule has 24 heavy (non-hydrogen) atoms. The van der Waals surface area contributed by atoms with Crippen molar-refractivity contribution in [3.8, 4) is 0 Å². The molecule has 0 amide bonds. The number of piperidine rings is 1. The number of rotatable bonds is 5. The highest BCUT2D eigenvalue weighted by molar-refractivity contribution is 7.15. The molecule has 2 aromatic rings. The largest absolute Gasteiger partial charge is 0.375 e. The third-order valence-electron chi connectivity index (χ3n) is 4.81. The van der Waals surface area contributed by atoms with E-state index in [2.05, 4.69) is 59.1 Å². The van der Waals surface area contributed by atoms with Gasteiger partial charge in [-0.15, -0.1) is 23.7 Å².